The van der Waals surface area contributed by atoms with Gasteiger partial charge < -0.3 is 14.3 Å². The van der Waals surface area contributed by atoms with E-state index in [0.717, 1.165) is 22.9 Å². The molecule has 206 valence electrons. The molecular formula is C28H26ClN5O5S. The molecule has 0 aliphatic carbocycles. The van der Waals surface area contributed by atoms with Crippen LogP contribution in [-0.2, 0) is 17.1 Å². The SMILES string of the molecule is Cc1cc([C@@H](C)Nc2ccc(Cl)nc2C(=O)NS(C)(=O)=O)c2oc(-c3cnc4c(ccn4C)c3)c(C)c(=O)c2c1. The molecule has 1 amide bonds. The first-order chi connectivity index (χ1) is 18.8. The lowest BCUT2D eigenvalue weighted by Gasteiger charge is -2.20. The van der Waals surface area contributed by atoms with Crippen molar-refractivity contribution in [1.29, 1.82) is 0 Å². The fourth-order valence-electron chi connectivity index (χ4n) is 4.70. The summed E-state index contributed by atoms with van der Waals surface area (Å²) >= 11 is 6.01. The van der Waals surface area contributed by atoms with Gasteiger partial charge in [-0.25, -0.2) is 23.1 Å². The normalized spacial score (nSPS) is 12.6. The average molecular weight is 580 g/mol. The average Bonchev–Trinajstić information content (AvgIpc) is 3.25. The maximum Gasteiger partial charge on any atom is 0.285 e. The topological polar surface area (TPSA) is 136 Å². The standard InChI is InChI=1S/C28H26ClN5O5S/c1-14-10-19(16(3)31-21-6-7-22(29)32-23(21)28(36)33-40(5,37)38)26-20(11-14)24(35)15(2)25(39-26)18-12-17-8-9-34(4)27(17)30-13-18/h6-13,16,31H,1-5H3,(H,33,36)/t16-/m1/s1. The van der Waals surface area contributed by atoms with Crippen LogP contribution in [-0.4, -0.2) is 35.1 Å². The lowest BCUT2D eigenvalue weighted by atomic mass is 9.99. The number of carbonyl (C=O) groups excluding carboxylic acids is 1. The Morgan fingerprint density at radius 3 is 2.62 bits per heavy atom. The molecule has 0 saturated heterocycles. The van der Waals surface area contributed by atoms with Gasteiger partial charge in [-0.3, -0.25) is 9.59 Å². The number of nitrogens with zero attached hydrogens (tertiary/aromatic N) is 3. The zero-order valence-corrected chi connectivity index (χ0v) is 23.9. The number of amides is 1. The van der Waals surface area contributed by atoms with Crippen LogP contribution in [0.25, 0.3) is 33.3 Å². The van der Waals surface area contributed by atoms with Crippen molar-refractivity contribution in [2.24, 2.45) is 7.05 Å². The maximum absolute atomic E-state index is 13.5. The number of pyridine rings is 2. The van der Waals surface area contributed by atoms with Crippen molar-refractivity contribution < 1.29 is 17.6 Å². The van der Waals surface area contributed by atoms with Gasteiger partial charge in [-0.05, 0) is 56.7 Å². The minimum Gasteiger partial charge on any atom is -0.455 e. The molecule has 1 atom stereocenters. The number of fused-ring (bicyclic) bond motifs is 2. The van der Waals surface area contributed by atoms with Crippen LogP contribution in [0, 0.1) is 13.8 Å². The van der Waals surface area contributed by atoms with Gasteiger partial charge in [0.2, 0.25) is 10.0 Å². The van der Waals surface area contributed by atoms with Crippen LogP contribution >= 0.6 is 11.6 Å². The molecule has 1 aromatic carbocycles. The van der Waals surface area contributed by atoms with Crippen molar-refractivity contribution in [3.05, 3.63) is 86.6 Å². The predicted octanol–water partition coefficient (Wildman–Crippen LogP) is 4.87. The van der Waals surface area contributed by atoms with Crippen molar-refractivity contribution in [2.45, 2.75) is 26.8 Å². The molecule has 0 fully saturated rings. The minimum atomic E-state index is -3.84. The molecule has 4 aromatic heterocycles. The van der Waals surface area contributed by atoms with E-state index < -0.39 is 22.0 Å². The summed E-state index contributed by atoms with van der Waals surface area (Å²) in [6, 6.07) is 10.1. The summed E-state index contributed by atoms with van der Waals surface area (Å²) in [5, 5.41) is 4.56. The molecule has 5 aromatic rings. The molecule has 40 heavy (non-hydrogen) atoms. The van der Waals surface area contributed by atoms with E-state index in [0.29, 0.717) is 33.4 Å². The molecule has 0 unspecified atom stereocenters. The summed E-state index contributed by atoms with van der Waals surface area (Å²) in [4.78, 5) is 34.8. The number of carbonyl (C=O) groups is 1. The summed E-state index contributed by atoms with van der Waals surface area (Å²) in [5.74, 6) is -0.517. The minimum absolute atomic E-state index is 0.0213. The number of halogens is 1. The number of aromatic nitrogens is 3. The summed E-state index contributed by atoms with van der Waals surface area (Å²) in [7, 11) is -1.93. The van der Waals surface area contributed by atoms with Crippen LogP contribution in [0.15, 0.2) is 58.0 Å². The fraction of sp³-hybridized carbons (Fsp3) is 0.214. The number of aryl methyl sites for hydroxylation is 2. The number of sulfonamides is 1. The fourth-order valence-corrected chi connectivity index (χ4v) is 5.28. The monoisotopic (exact) mass is 579 g/mol. The summed E-state index contributed by atoms with van der Waals surface area (Å²) in [6.07, 6.45) is 4.47. The smallest absolute Gasteiger partial charge is 0.285 e. The van der Waals surface area contributed by atoms with E-state index in [1.54, 1.807) is 19.2 Å². The van der Waals surface area contributed by atoms with Gasteiger partial charge in [0.1, 0.15) is 22.1 Å². The molecule has 4 heterocycles. The highest BCUT2D eigenvalue weighted by Gasteiger charge is 2.23. The van der Waals surface area contributed by atoms with E-state index in [9.17, 15) is 18.0 Å². The molecule has 12 heteroatoms. The summed E-state index contributed by atoms with van der Waals surface area (Å²) in [6.45, 7) is 5.43. The summed E-state index contributed by atoms with van der Waals surface area (Å²) < 4.78 is 33.6. The lowest BCUT2D eigenvalue weighted by Crippen LogP contribution is -2.31. The number of hydrogen-bond donors (Lipinski definition) is 2. The molecular weight excluding hydrogens is 554 g/mol. The van der Waals surface area contributed by atoms with Crippen LogP contribution in [0.5, 0.6) is 0 Å². The van der Waals surface area contributed by atoms with E-state index >= 15 is 0 Å². The largest absolute Gasteiger partial charge is 0.455 e. The highest BCUT2D eigenvalue weighted by atomic mass is 35.5. The first-order valence-corrected chi connectivity index (χ1v) is 14.5. The second kappa shape index (κ2) is 10.1. The van der Waals surface area contributed by atoms with E-state index in [4.69, 9.17) is 16.0 Å². The van der Waals surface area contributed by atoms with Crippen molar-refractivity contribution >= 4 is 55.2 Å². The van der Waals surface area contributed by atoms with Crippen LogP contribution in [0.3, 0.4) is 0 Å². The Morgan fingerprint density at radius 1 is 1.15 bits per heavy atom. The van der Waals surface area contributed by atoms with Crippen molar-refractivity contribution in [2.75, 3.05) is 11.6 Å². The second-order valence-corrected chi connectivity index (χ2v) is 11.9. The van der Waals surface area contributed by atoms with E-state index in [1.165, 1.54) is 12.1 Å². The van der Waals surface area contributed by atoms with Crippen LogP contribution < -0.4 is 15.5 Å². The molecule has 0 aliphatic rings. The number of nitrogens with one attached hydrogen (secondary N) is 2. The third kappa shape index (κ3) is 5.17. The Kier molecular flexibility index (Phi) is 6.89. The van der Waals surface area contributed by atoms with E-state index in [1.807, 2.05) is 54.6 Å². The van der Waals surface area contributed by atoms with Gasteiger partial charge >= 0.3 is 0 Å². The first kappa shape index (κ1) is 27.4. The van der Waals surface area contributed by atoms with Crippen molar-refractivity contribution in [1.82, 2.24) is 19.3 Å². The summed E-state index contributed by atoms with van der Waals surface area (Å²) in [5.41, 5.74) is 3.72. The Labute approximate surface area is 235 Å². The van der Waals surface area contributed by atoms with E-state index in [2.05, 4.69) is 15.3 Å². The molecule has 0 aliphatic heterocycles. The second-order valence-electron chi connectivity index (χ2n) is 9.78. The van der Waals surface area contributed by atoms with Gasteiger partial charge in [0.05, 0.1) is 23.4 Å². The van der Waals surface area contributed by atoms with Crippen molar-refractivity contribution in [3.8, 4) is 11.3 Å². The lowest BCUT2D eigenvalue weighted by molar-refractivity contribution is 0.0977. The number of hydrogen-bond acceptors (Lipinski definition) is 8. The van der Waals surface area contributed by atoms with Crippen LogP contribution in [0.2, 0.25) is 5.15 Å². The van der Waals surface area contributed by atoms with Gasteiger partial charge in [0.15, 0.2) is 11.1 Å². The molecule has 0 radical (unpaired) electrons. The van der Waals surface area contributed by atoms with Gasteiger partial charge in [-0.1, -0.05) is 17.7 Å². The predicted molar refractivity (Wildman–Crippen MR) is 155 cm³/mol. The van der Waals surface area contributed by atoms with Gasteiger partial charge in [-0.15, -0.1) is 0 Å². The Bertz CT molecular complexity index is 2000. The van der Waals surface area contributed by atoms with Crippen LogP contribution in [0.4, 0.5) is 5.69 Å². The Morgan fingerprint density at radius 2 is 1.90 bits per heavy atom. The van der Waals surface area contributed by atoms with Crippen LogP contribution in [0.1, 0.15) is 40.1 Å². The van der Waals surface area contributed by atoms with Gasteiger partial charge in [0, 0.05) is 41.5 Å². The van der Waals surface area contributed by atoms with Crippen molar-refractivity contribution in [3.63, 3.8) is 0 Å². The molecule has 0 saturated carbocycles. The molecule has 10 nitrogen and oxygen atoms in total. The molecule has 0 spiro atoms. The molecule has 2 N–H and O–H groups in total. The third-order valence-electron chi connectivity index (χ3n) is 6.55. The molecule has 0 bridgehead atoms. The number of benzene rings is 1. The third-order valence-corrected chi connectivity index (χ3v) is 7.32. The Balaban J connectivity index is 1.63. The maximum atomic E-state index is 13.5. The first-order valence-electron chi connectivity index (χ1n) is 12.3. The zero-order valence-electron chi connectivity index (χ0n) is 22.4. The van der Waals surface area contributed by atoms with E-state index in [-0.39, 0.29) is 22.0 Å². The quantitative estimate of drug-likeness (QED) is 0.272. The van der Waals surface area contributed by atoms with Gasteiger partial charge in [-0.2, -0.15) is 0 Å². The Hall–Kier alpha value is -4.22. The number of rotatable bonds is 6. The zero-order chi connectivity index (χ0) is 28.9. The van der Waals surface area contributed by atoms with Gasteiger partial charge in [0.25, 0.3) is 5.91 Å². The highest BCUT2D eigenvalue weighted by Crippen LogP contribution is 2.33. The highest BCUT2D eigenvalue weighted by molar-refractivity contribution is 7.89. The number of anilines is 1. The molecule has 5 rings (SSSR count).